The van der Waals surface area contributed by atoms with Gasteiger partial charge >= 0.3 is 0 Å². The molecule has 2 aromatic heterocycles. The molecule has 2 fully saturated rings. The van der Waals surface area contributed by atoms with Gasteiger partial charge in [-0.05, 0) is 64.8 Å². The van der Waals surface area contributed by atoms with Crippen LogP contribution in [-0.4, -0.2) is 25.2 Å². The van der Waals surface area contributed by atoms with Crippen LogP contribution in [0.4, 0.5) is 0 Å². The van der Waals surface area contributed by atoms with Gasteiger partial charge in [-0.15, -0.1) is 16.4 Å². The fourth-order valence-corrected chi connectivity index (χ4v) is 6.44. The van der Waals surface area contributed by atoms with E-state index in [0.29, 0.717) is 12.5 Å². The highest BCUT2D eigenvalue weighted by molar-refractivity contribution is 7.09. The van der Waals surface area contributed by atoms with Gasteiger partial charge in [0.25, 0.3) is 0 Å². The number of hydrogen-bond acceptors (Lipinski definition) is 6. The van der Waals surface area contributed by atoms with Crippen molar-refractivity contribution in [1.29, 1.82) is 0 Å². The molecule has 2 aliphatic carbocycles. The van der Waals surface area contributed by atoms with E-state index in [1.54, 1.807) is 16.0 Å². The molecule has 0 N–H and O–H groups in total. The molecule has 6 rings (SSSR count). The van der Waals surface area contributed by atoms with Crippen LogP contribution < -0.4 is 4.74 Å². The molecule has 0 unspecified atom stereocenters. The van der Waals surface area contributed by atoms with Crippen molar-refractivity contribution in [2.45, 2.75) is 37.7 Å². The van der Waals surface area contributed by atoms with Crippen LogP contribution in [0.5, 0.6) is 5.75 Å². The Morgan fingerprint density at radius 1 is 1.06 bits per heavy atom. The van der Waals surface area contributed by atoms with Crippen molar-refractivity contribution in [3.63, 3.8) is 0 Å². The molecule has 3 atom stereocenters. The molecule has 162 valence electrons. The first kappa shape index (κ1) is 19.6. The van der Waals surface area contributed by atoms with Crippen LogP contribution in [-0.2, 0) is 19.1 Å². The van der Waals surface area contributed by atoms with Crippen molar-refractivity contribution in [3.8, 4) is 17.1 Å². The number of tetrazole rings is 1. The van der Waals surface area contributed by atoms with E-state index >= 15 is 0 Å². The van der Waals surface area contributed by atoms with Gasteiger partial charge < -0.3 is 4.74 Å². The molecule has 6 nitrogen and oxygen atoms in total. The Balaban J connectivity index is 1.31. The average molecular weight is 444 g/mol. The number of benzene rings is 2. The minimum Gasteiger partial charge on any atom is -0.486 e. The molecule has 2 bridgehead atoms. The van der Waals surface area contributed by atoms with Crippen molar-refractivity contribution in [2.75, 3.05) is 0 Å². The zero-order chi connectivity index (χ0) is 21.5. The summed E-state index contributed by atoms with van der Waals surface area (Å²) in [5.41, 5.74) is 3.93. The molecule has 7 heteroatoms. The number of nitrogens with zero attached hydrogens (tertiary/aromatic N) is 5. The summed E-state index contributed by atoms with van der Waals surface area (Å²) in [6.07, 6.45) is 7.04. The van der Waals surface area contributed by atoms with E-state index < -0.39 is 0 Å². The highest BCUT2D eigenvalue weighted by atomic mass is 32.1. The third-order valence-electron chi connectivity index (χ3n) is 7.34. The first-order valence-corrected chi connectivity index (χ1v) is 12.1. The fourth-order valence-electron chi connectivity index (χ4n) is 5.91. The van der Waals surface area contributed by atoms with Gasteiger partial charge in [0.1, 0.15) is 17.4 Å². The van der Waals surface area contributed by atoms with Crippen molar-refractivity contribution in [1.82, 2.24) is 25.2 Å². The van der Waals surface area contributed by atoms with Crippen LogP contribution in [0.1, 0.15) is 41.8 Å². The second-order valence-corrected chi connectivity index (χ2v) is 9.97. The molecule has 4 aromatic rings. The van der Waals surface area contributed by atoms with Crippen molar-refractivity contribution in [2.24, 2.45) is 18.9 Å². The summed E-state index contributed by atoms with van der Waals surface area (Å²) in [5.74, 6) is 3.20. The number of fused-ring (bicyclic) bond motifs is 2. The summed E-state index contributed by atoms with van der Waals surface area (Å²) in [6, 6.07) is 17.7. The first-order valence-electron chi connectivity index (χ1n) is 11.2. The van der Waals surface area contributed by atoms with E-state index in [9.17, 15) is 0 Å². The Hall–Kier alpha value is -3.06. The molecule has 0 radical (unpaired) electrons. The molecule has 2 aromatic carbocycles. The molecule has 0 amide bonds. The lowest BCUT2D eigenvalue weighted by molar-refractivity contribution is 0.303. The lowest BCUT2D eigenvalue weighted by Gasteiger charge is -2.39. The van der Waals surface area contributed by atoms with E-state index in [-0.39, 0.29) is 5.41 Å². The Bertz CT molecular complexity index is 1200. The van der Waals surface area contributed by atoms with Crippen molar-refractivity contribution >= 4 is 11.3 Å². The van der Waals surface area contributed by atoms with Gasteiger partial charge in [-0.2, -0.15) is 0 Å². The molecule has 0 spiro atoms. The molecular weight excluding hydrogens is 418 g/mol. The number of ether oxygens (including phenoxy) is 1. The van der Waals surface area contributed by atoms with E-state index in [0.717, 1.165) is 28.1 Å². The topological polar surface area (TPSA) is 65.7 Å². The molecule has 2 saturated carbocycles. The third-order valence-corrected chi connectivity index (χ3v) is 8.10. The maximum Gasteiger partial charge on any atom is 0.181 e. The highest BCUT2D eigenvalue weighted by Gasteiger charge is 2.52. The van der Waals surface area contributed by atoms with E-state index in [1.807, 2.05) is 18.6 Å². The van der Waals surface area contributed by atoms with Gasteiger partial charge in [-0.1, -0.05) is 42.8 Å². The summed E-state index contributed by atoms with van der Waals surface area (Å²) in [6.45, 7) is 0.519. The predicted octanol–water partition coefficient (Wildman–Crippen LogP) is 5.02. The molecular formula is C25H25N5OS. The van der Waals surface area contributed by atoms with Gasteiger partial charge in [0.05, 0.1) is 0 Å². The number of hydrogen-bond donors (Lipinski definition) is 0. The fraction of sp³-hybridized carbons (Fsp3) is 0.360. The third kappa shape index (κ3) is 3.23. The second-order valence-electron chi connectivity index (χ2n) is 8.99. The molecule has 32 heavy (non-hydrogen) atoms. The van der Waals surface area contributed by atoms with Gasteiger partial charge in [0.15, 0.2) is 5.82 Å². The van der Waals surface area contributed by atoms with Gasteiger partial charge in [0.2, 0.25) is 0 Å². The molecule has 0 saturated heterocycles. The largest absolute Gasteiger partial charge is 0.486 e. The Labute approximate surface area is 191 Å². The zero-order valence-corrected chi connectivity index (χ0v) is 18.8. The van der Waals surface area contributed by atoms with Crippen molar-refractivity contribution in [3.05, 3.63) is 76.2 Å². The lowest BCUT2D eigenvalue weighted by Crippen LogP contribution is -2.34. The first-order chi connectivity index (χ1) is 15.7. The minimum atomic E-state index is 0.0768. The Morgan fingerprint density at radius 2 is 1.84 bits per heavy atom. The maximum atomic E-state index is 5.96. The van der Waals surface area contributed by atoms with Crippen LogP contribution >= 0.6 is 11.3 Å². The summed E-state index contributed by atoms with van der Waals surface area (Å²) in [5, 5.41) is 14.9. The SMILES string of the molecule is Cn1nnnc1-c1ccc([C@]2(c3ccc(OCc4nccs4)cc3)C[C@@H]3CC[C@H]2C3)cc1. The van der Waals surface area contributed by atoms with E-state index in [4.69, 9.17) is 4.74 Å². The minimum absolute atomic E-state index is 0.0768. The van der Waals surface area contributed by atoms with Gasteiger partial charge in [-0.25, -0.2) is 9.67 Å². The van der Waals surface area contributed by atoms with Crippen molar-refractivity contribution < 1.29 is 4.74 Å². The summed E-state index contributed by atoms with van der Waals surface area (Å²) >= 11 is 1.62. The summed E-state index contributed by atoms with van der Waals surface area (Å²) in [4.78, 5) is 4.30. The van der Waals surface area contributed by atoms with Crippen LogP contribution in [0.15, 0.2) is 60.1 Å². The number of thiazole rings is 1. The smallest absolute Gasteiger partial charge is 0.181 e. The molecule has 2 heterocycles. The maximum absolute atomic E-state index is 5.96. The second kappa shape index (κ2) is 7.81. The Kier molecular flexibility index (Phi) is 4.79. The summed E-state index contributed by atoms with van der Waals surface area (Å²) < 4.78 is 7.68. The molecule has 0 aliphatic heterocycles. The lowest BCUT2D eigenvalue weighted by atomic mass is 9.64. The number of rotatable bonds is 6. The zero-order valence-electron chi connectivity index (χ0n) is 18.0. The number of aryl methyl sites for hydroxylation is 1. The van der Waals surface area contributed by atoms with Crippen LogP contribution in [0.2, 0.25) is 0 Å². The molecule has 2 aliphatic rings. The Morgan fingerprint density at radius 3 is 2.44 bits per heavy atom. The monoisotopic (exact) mass is 443 g/mol. The average Bonchev–Trinajstić information content (AvgIpc) is 3.63. The highest BCUT2D eigenvalue weighted by Crippen LogP contribution is 2.60. The van der Waals surface area contributed by atoms with Crippen LogP contribution in [0.25, 0.3) is 11.4 Å². The predicted molar refractivity (Wildman–Crippen MR) is 123 cm³/mol. The van der Waals surface area contributed by atoms with Gasteiger partial charge in [-0.3, -0.25) is 0 Å². The number of aromatic nitrogens is 5. The van der Waals surface area contributed by atoms with E-state index in [2.05, 4.69) is 69.0 Å². The van der Waals surface area contributed by atoms with Crippen LogP contribution in [0.3, 0.4) is 0 Å². The van der Waals surface area contributed by atoms with E-state index in [1.165, 1.54) is 36.8 Å². The summed E-state index contributed by atoms with van der Waals surface area (Å²) in [7, 11) is 1.87. The standard InChI is InChI=1S/C25H25N5OS/c1-30-24(27-28-29-30)18-3-6-19(7-4-18)25(15-17-2-5-21(25)14-17)20-8-10-22(11-9-20)31-16-23-26-12-13-32-23/h3-4,6-13,17,21H,2,5,14-16H2,1H3/t17-,21+,25+/m1/s1. The normalized spacial score (nSPS) is 24.2. The van der Waals surface area contributed by atoms with Crippen LogP contribution in [0, 0.1) is 11.8 Å². The van der Waals surface area contributed by atoms with Gasteiger partial charge in [0, 0.05) is 29.6 Å². The quantitative estimate of drug-likeness (QED) is 0.419.